The smallest absolute Gasteiger partial charge is 0.0413 e. The number of hydrogen-bond donors (Lipinski definition) is 1. The number of nitrogens with one attached hydrogen (secondary N) is 1. The van der Waals surface area contributed by atoms with Crippen molar-refractivity contribution in [1.82, 2.24) is 15.1 Å². The summed E-state index contributed by atoms with van der Waals surface area (Å²) < 4.78 is 0. The zero-order valence-corrected chi connectivity index (χ0v) is 12.6. The van der Waals surface area contributed by atoms with Gasteiger partial charge in [-0.25, -0.2) is 0 Å². The van der Waals surface area contributed by atoms with Gasteiger partial charge in [0.15, 0.2) is 0 Å². The predicted octanol–water partition coefficient (Wildman–Crippen LogP) is 1.95. The fraction of sp³-hybridized carbons (Fsp3) is 0.714. The number of thiophene rings is 1. The SMILES string of the molecule is Cc1ccsc1C(C)N(C)CCN1CCNCC1. The van der Waals surface area contributed by atoms with Gasteiger partial charge in [0.1, 0.15) is 0 Å². The molecule has 0 spiro atoms. The number of rotatable bonds is 5. The van der Waals surface area contributed by atoms with E-state index in [1.165, 1.54) is 30.1 Å². The van der Waals surface area contributed by atoms with E-state index in [0.717, 1.165) is 19.6 Å². The van der Waals surface area contributed by atoms with E-state index in [4.69, 9.17) is 0 Å². The molecule has 1 aromatic heterocycles. The van der Waals surface area contributed by atoms with Gasteiger partial charge in [-0.15, -0.1) is 11.3 Å². The highest BCUT2D eigenvalue weighted by Crippen LogP contribution is 2.27. The molecule has 1 atom stereocenters. The van der Waals surface area contributed by atoms with Crippen molar-refractivity contribution in [3.63, 3.8) is 0 Å². The van der Waals surface area contributed by atoms with Crippen LogP contribution in [0.3, 0.4) is 0 Å². The highest BCUT2D eigenvalue weighted by molar-refractivity contribution is 7.10. The largest absolute Gasteiger partial charge is 0.314 e. The van der Waals surface area contributed by atoms with Gasteiger partial charge in [0.25, 0.3) is 0 Å². The van der Waals surface area contributed by atoms with Gasteiger partial charge in [0, 0.05) is 50.2 Å². The fourth-order valence-electron chi connectivity index (χ4n) is 2.44. The molecule has 1 unspecified atom stereocenters. The normalized spacial score (nSPS) is 19.3. The minimum atomic E-state index is 0.535. The predicted molar refractivity (Wildman–Crippen MR) is 79.4 cm³/mol. The minimum absolute atomic E-state index is 0.535. The van der Waals surface area contributed by atoms with E-state index >= 15 is 0 Å². The molecule has 1 aromatic rings. The average Bonchev–Trinajstić information content (AvgIpc) is 2.82. The van der Waals surface area contributed by atoms with Crippen LogP contribution < -0.4 is 5.32 Å². The number of aryl methyl sites for hydroxylation is 1. The second kappa shape index (κ2) is 6.66. The molecule has 0 amide bonds. The molecule has 2 heterocycles. The van der Waals surface area contributed by atoms with Crippen LogP contribution in [0.15, 0.2) is 11.4 Å². The summed E-state index contributed by atoms with van der Waals surface area (Å²) in [5, 5.41) is 5.60. The van der Waals surface area contributed by atoms with Crippen molar-refractivity contribution < 1.29 is 0 Å². The van der Waals surface area contributed by atoms with Crippen LogP contribution in [-0.4, -0.2) is 56.1 Å². The quantitative estimate of drug-likeness (QED) is 0.880. The number of piperazine rings is 1. The Bertz CT molecular complexity index is 358. The first-order valence-corrected chi connectivity index (χ1v) is 7.73. The summed E-state index contributed by atoms with van der Waals surface area (Å²) in [4.78, 5) is 6.54. The summed E-state index contributed by atoms with van der Waals surface area (Å²) in [5.41, 5.74) is 1.43. The maximum atomic E-state index is 3.40. The molecule has 0 aromatic carbocycles. The van der Waals surface area contributed by atoms with E-state index in [1.807, 2.05) is 11.3 Å². The Morgan fingerprint density at radius 2 is 2.17 bits per heavy atom. The van der Waals surface area contributed by atoms with Gasteiger partial charge in [0.05, 0.1) is 0 Å². The molecule has 3 nitrogen and oxygen atoms in total. The number of likely N-dealkylation sites (N-methyl/N-ethyl adjacent to an activating group) is 1. The van der Waals surface area contributed by atoms with E-state index in [-0.39, 0.29) is 0 Å². The molecular weight excluding hydrogens is 242 g/mol. The first kappa shape index (κ1) is 14.0. The van der Waals surface area contributed by atoms with Crippen LogP contribution in [0.4, 0.5) is 0 Å². The maximum Gasteiger partial charge on any atom is 0.0413 e. The lowest BCUT2D eigenvalue weighted by atomic mass is 10.1. The minimum Gasteiger partial charge on any atom is -0.314 e. The maximum absolute atomic E-state index is 3.40. The molecule has 0 saturated carbocycles. The Kier molecular flexibility index (Phi) is 5.18. The Labute approximate surface area is 115 Å². The van der Waals surface area contributed by atoms with E-state index in [0.29, 0.717) is 6.04 Å². The summed E-state index contributed by atoms with van der Waals surface area (Å²) in [7, 11) is 2.24. The molecule has 102 valence electrons. The number of hydrogen-bond acceptors (Lipinski definition) is 4. The van der Waals surface area contributed by atoms with Crippen molar-refractivity contribution in [3.05, 3.63) is 21.9 Å². The van der Waals surface area contributed by atoms with Crippen LogP contribution in [0.2, 0.25) is 0 Å². The van der Waals surface area contributed by atoms with Gasteiger partial charge in [0.2, 0.25) is 0 Å². The van der Waals surface area contributed by atoms with Gasteiger partial charge in [-0.3, -0.25) is 9.80 Å². The van der Waals surface area contributed by atoms with Crippen LogP contribution in [-0.2, 0) is 0 Å². The van der Waals surface area contributed by atoms with Crippen LogP contribution in [0.5, 0.6) is 0 Å². The summed E-state index contributed by atoms with van der Waals surface area (Å²) in [6, 6.07) is 2.76. The summed E-state index contributed by atoms with van der Waals surface area (Å²) in [5.74, 6) is 0. The van der Waals surface area contributed by atoms with Gasteiger partial charge in [-0.05, 0) is 37.9 Å². The Morgan fingerprint density at radius 3 is 2.78 bits per heavy atom. The highest BCUT2D eigenvalue weighted by atomic mass is 32.1. The standard InChI is InChI=1S/C14H25N3S/c1-12-4-11-18-14(12)13(2)16(3)9-10-17-7-5-15-6-8-17/h4,11,13,15H,5-10H2,1-3H3. The molecule has 18 heavy (non-hydrogen) atoms. The summed E-state index contributed by atoms with van der Waals surface area (Å²) >= 11 is 1.88. The van der Waals surface area contributed by atoms with Crippen LogP contribution in [0.1, 0.15) is 23.4 Å². The number of nitrogens with zero attached hydrogens (tertiary/aromatic N) is 2. The average molecular weight is 267 g/mol. The van der Waals surface area contributed by atoms with Gasteiger partial charge >= 0.3 is 0 Å². The molecule has 0 radical (unpaired) electrons. The lowest BCUT2D eigenvalue weighted by Crippen LogP contribution is -2.46. The molecule has 1 fully saturated rings. The van der Waals surface area contributed by atoms with Crippen molar-refractivity contribution >= 4 is 11.3 Å². The molecule has 0 aliphatic carbocycles. The van der Waals surface area contributed by atoms with Crippen molar-refractivity contribution in [3.8, 4) is 0 Å². The van der Waals surface area contributed by atoms with Crippen molar-refractivity contribution in [1.29, 1.82) is 0 Å². The zero-order valence-electron chi connectivity index (χ0n) is 11.8. The van der Waals surface area contributed by atoms with Crippen molar-refractivity contribution in [2.75, 3.05) is 46.3 Å². The molecule has 1 aliphatic rings. The third-order valence-corrected chi connectivity index (χ3v) is 5.11. The molecule has 1 N–H and O–H groups in total. The second-order valence-corrected chi connectivity index (χ2v) is 6.16. The lowest BCUT2D eigenvalue weighted by molar-refractivity contribution is 0.184. The van der Waals surface area contributed by atoms with Crippen LogP contribution >= 0.6 is 11.3 Å². The summed E-state index contributed by atoms with van der Waals surface area (Å²) in [6.07, 6.45) is 0. The molecule has 1 saturated heterocycles. The lowest BCUT2D eigenvalue weighted by Gasteiger charge is -2.31. The Hall–Kier alpha value is -0.420. The van der Waals surface area contributed by atoms with E-state index < -0.39 is 0 Å². The topological polar surface area (TPSA) is 18.5 Å². The van der Waals surface area contributed by atoms with Crippen LogP contribution in [0, 0.1) is 6.92 Å². The molecule has 4 heteroatoms. The zero-order chi connectivity index (χ0) is 13.0. The fourth-order valence-corrected chi connectivity index (χ4v) is 3.49. The summed E-state index contributed by atoms with van der Waals surface area (Å²) in [6.45, 7) is 11.5. The van der Waals surface area contributed by atoms with Gasteiger partial charge in [-0.1, -0.05) is 0 Å². The van der Waals surface area contributed by atoms with Gasteiger partial charge < -0.3 is 5.32 Å². The highest BCUT2D eigenvalue weighted by Gasteiger charge is 2.16. The van der Waals surface area contributed by atoms with E-state index in [9.17, 15) is 0 Å². The van der Waals surface area contributed by atoms with E-state index in [1.54, 1.807) is 0 Å². The second-order valence-electron chi connectivity index (χ2n) is 5.22. The van der Waals surface area contributed by atoms with Gasteiger partial charge in [-0.2, -0.15) is 0 Å². The molecule has 2 rings (SSSR count). The first-order valence-electron chi connectivity index (χ1n) is 6.86. The third-order valence-electron chi connectivity index (χ3n) is 3.92. The van der Waals surface area contributed by atoms with Crippen molar-refractivity contribution in [2.24, 2.45) is 0 Å². The van der Waals surface area contributed by atoms with Crippen molar-refractivity contribution in [2.45, 2.75) is 19.9 Å². The Morgan fingerprint density at radius 1 is 1.44 bits per heavy atom. The molecule has 1 aliphatic heterocycles. The third kappa shape index (κ3) is 3.54. The van der Waals surface area contributed by atoms with Crippen LogP contribution in [0.25, 0.3) is 0 Å². The first-order chi connectivity index (χ1) is 8.68. The monoisotopic (exact) mass is 267 g/mol. The molecular formula is C14H25N3S. The van der Waals surface area contributed by atoms with E-state index in [2.05, 4.69) is 47.5 Å². The molecule has 0 bridgehead atoms. The Balaban J connectivity index is 1.80.